The molecule has 2 rings (SSSR count). The molecule has 0 atom stereocenters. The summed E-state index contributed by atoms with van der Waals surface area (Å²) in [6.45, 7) is 1.70. The zero-order chi connectivity index (χ0) is 15.6. The third-order valence-electron chi connectivity index (χ3n) is 2.65. The van der Waals surface area contributed by atoms with Crippen molar-refractivity contribution in [3.63, 3.8) is 0 Å². The number of esters is 1. The van der Waals surface area contributed by atoms with E-state index in [0.29, 0.717) is 15.4 Å². The number of nitrogens with one attached hydrogen (secondary N) is 1. The van der Waals surface area contributed by atoms with Crippen molar-refractivity contribution in [2.45, 2.75) is 11.8 Å². The van der Waals surface area contributed by atoms with E-state index in [4.69, 9.17) is 11.6 Å². The Balaban J connectivity index is 2.34. The zero-order valence-electron chi connectivity index (χ0n) is 11.2. The lowest BCUT2D eigenvalue weighted by molar-refractivity contribution is 0.0605. The molecule has 5 nitrogen and oxygen atoms in total. The van der Waals surface area contributed by atoms with Crippen LogP contribution in [0.15, 0.2) is 35.2 Å². The van der Waals surface area contributed by atoms with Gasteiger partial charge in [-0.3, -0.25) is 4.72 Å². The fraction of sp³-hybridized carbons (Fsp3) is 0.154. The fourth-order valence-corrected chi connectivity index (χ4v) is 4.47. The SMILES string of the molecule is COC(=O)c1sc(NS(=O)(=O)c2ccccc2Cl)cc1C. The third kappa shape index (κ3) is 3.37. The number of hydrogen-bond donors (Lipinski definition) is 1. The molecule has 21 heavy (non-hydrogen) atoms. The second-order valence-electron chi connectivity index (χ2n) is 4.15. The Labute approximate surface area is 131 Å². The van der Waals surface area contributed by atoms with E-state index in [2.05, 4.69) is 9.46 Å². The average Bonchev–Trinajstić information content (AvgIpc) is 2.78. The van der Waals surface area contributed by atoms with Crippen molar-refractivity contribution in [1.82, 2.24) is 0 Å². The van der Waals surface area contributed by atoms with Crippen LogP contribution < -0.4 is 4.72 Å². The molecule has 1 heterocycles. The molecule has 8 heteroatoms. The van der Waals surface area contributed by atoms with Gasteiger partial charge in [0.15, 0.2) is 0 Å². The van der Waals surface area contributed by atoms with Crippen LogP contribution in [0.2, 0.25) is 5.02 Å². The first kappa shape index (κ1) is 15.8. The van der Waals surface area contributed by atoms with Crippen molar-refractivity contribution in [2.24, 2.45) is 0 Å². The van der Waals surface area contributed by atoms with Gasteiger partial charge in [0.05, 0.1) is 12.1 Å². The number of carbonyl (C=O) groups excluding carboxylic acids is 1. The maximum absolute atomic E-state index is 12.3. The highest BCUT2D eigenvalue weighted by molar-refractivity contribution is 7.93. The van der Waals surface area contributed by atoms with Crippen LogP contribution in [0, 0.1) is 6.92 Å². The van der Waals surface area contributed by atoms with E-state index < -0.39 is 16.0 Å². The van der Waals surface area contributed by atoms with Gasteiger partial charge < -0.3 is 4.74 Å². The monoisotopic (exact) mass is 345 g/mol. The molecule has 0 aliphatic carbocycles. The average molecular weight is 346 g/mol. The molecule has 0 fully saturated rings. The van der Waals surface area contributed by atoms with Gasteiger partial charge >= 0.3 is 5.97 Å². The van der Waals surface area contributed by atoms with Gasteiger partial charge in [0, 0.05) is 0 Å². The van der Waals surface area contributed by atoms with Crippen LogP contribution in [0.3, 0.4) is 0 Å². The van der Waals surface area contributed by atoms with E-state index in [9.17, 15) is 13.2 Å². The fourth-order valence-electron chi connectivity index (χ4n) is 1.68. The van der Waals surface area contributed by atoms with Gasteiger partial charge in [-0.25, -0.2) is 13.2 Å². The van der Waals surface area contributed by atoms with Gasteiger partial charge in [0.1, 0.15) is 14.8 Å². The second kappa shape index (κ2) is 6.05. The molecule has 1 aromatic heterocycles. The van der Waals surface area contributed by atoms with Gasteiger partial charge in [0.25, 0.3) is 10.0 Å². The summed E-state index contributed by atoms with van der Waals surface area (Å²) in [5, 5.41) is 0.458. The van der Waals surface area contributed by atoms with Gasteiger partial charge in [0.2, 0.25) is 0 Å². The lowest BCUT2D eigenvalue weighted by atomic mass is 10.3. The number of rotatable bonds is 4. The molecule has 1 N–H and O–H groups in total. The number of thiophene rings is 1. The number of aryl methyl sites for hydroxylation is 1. The molecule has 2 aromatic rings. The van der Waals surface area contributed by atoms with Crippen molar-refractivity contribution >= 4 is 43.9 Å². The summed E-state index contributed by atoms with van der Waals surface area (Å²) in [6.07, 6.45) is 0. The van der Waals surface area contributed by atoms with Crippen LogP contribution in [0.1, 0.15) is 15.2 Å². The summed E-state index contributed by atoms with van der Waals surface area (Å²) in [7, 11) is -2.53. The van der Waals surface area contributed by atoms with Gasteiger partial charge in [-0.05, 0) is 30.7 Å². The van der Waals surface area contributed by atoms with Gasteiger partial charge in [-0.15, -0.1) is 11.3 Å². The molecule has 0 aliphatic rings. The first-order valence-corrected chi connectivity index (χ1v) is 8.49. The highest BCUT2D eigenvalue weighted by Gasteiger charge is 2.20. The first-order valence-electron chi connectivity index (χ1n) is 5.81. The Morgan fingerprint density at radius 1 is 1.33 bits per heavy atom. The summed E-state index contributed by atoms with van der Waals surface area (Å²) in [6, 6.07) is 7.71. The minimum Gasteiger partial charge on any atom is -0.465 e. The summed E-state index contributed by atoms with van der Waals surface area (Å²) in [4.78, 5) is 11.9. The van der Waals surface area contributed by atoms with Crippen LogP contribution in [0.5, 0.6) is 0 Å². The first-order chi connectivity index (χ1) is 9.85. The zero-order valence-corrected chi connectivity index (χ0v) is 13.6. The normalized spacial score (nSPS) is 11.2. The number of sulfonamides is 1. The van der Waals surface area contributed by atoms with Crippen LogP contribution in [-0.4, -0.2) is 21.5 Å². The predicted octanol–water partition coefficient (Wildman–Crippen LogP) is 3.30. The molecular formula is C13H12ClNO4S2. The number of carbonyl (C=O) groups is 1. The van der Waals surface area contributed by atoms with Gasteiger partial charge in [-0.1, -0.05) is 23.7 Å². The number of anilines is 1. The molecule has 1 aromatic carbocycles. The lowest BCUT2D eigenvalue weighted by Gasteiger charge is -2.07. The molecule has 0 saturated heterocycles. The molecule has 0 spiro atoms. The van der Waals surface area contributed by atoms with Gasteiger partial charge in [-0.2, -0.15) is 0 Å². The quantitative estimate of drug-likeness (QED) is 0.863. The minimum absolute atomic E-state index is 0.0164. The molecule has 112 valence electrons. The topological polar surface area (TPSA) is 72.5 Å². The van der Waals surface area contributed by atoms with Crippen molar-refractivity contribution < 1.29 is 17.9 Å². The maximum atomic E-state index is 12.3. The maximum Gasteiger partial charge on any atom is 0.348 e. The van der Waals surface area contributed by atoms with Crippen molar-refractivity contribution in [3.05, 3.63) is 45.8 Å². The van der Waals surface area contributed by atoms with E-state index in [1.54, 1.807) is 25.1 Å². The highest BCUT2D eigenvalue weighted by atomic mass is 35.5. The number of benzene rings is 1. The summed E-state index contributed by atoms with van der Waals surface area (Å²) >= 11 is 6.91. The third-order valence-corrected chi connectivity index (χ3v) is 5.78. The Kier molecular flexibility index (Phi) is 4.55. The molecule has 0 radical (unpaired) electrons. The Bertz CT molecular complexity index is 783. The van der Waals surface area contributed by atoms with E-state index in [0.717, 1.165) is 11.3 Å². The Morgan fingerprint density at radius 2 is 2.00 bits per heavy atom. The number of halogens is 1. The van der Waals surface area contributed by atoms with Crippen LogP contribution in [0.4, 0.5) is 5.00 Å². The number of hydrogen-bond acceptors (Lipinski definition) is 5. The van der Waals surface area contributed by atoms with E-state index in [1.165, 1.54) is 19.2 Å². The number of methoxy groups -OCH3 is 1. The molecule has 0 amide bonds. The smallest absolute Gasteiger partial charge is 0.348 e. The van der Waals surface area contributed by atoms with Crippen molar-refractivity contribution in [3.8, 4) is 0 Å². The predicted molar refractivity (Wildman–Crippen MR) is 82.7 cm³/mol. The molecule has 0 aliphatic heterocycles. The summed E-state index contributed by atoms with van der Waals surface area (Å²) in [5.74, 6) is -0.499. The standard InChI is InChI=1S/C13H12ClNO4S2/c1-8-7-11(20-12(8)13(16)19-2)15-21(17,18)10-6-4-3-5-9(10)14/h3-7,15H,1-2H3. The van der Waals surface area contributed by atoms with E-state index in [-0.39, 0.29) is 9.92 Å². The Hall–Kier alpha value is -1.57. The van der Waals surface area contributed by atoms with E-state index >= 15 is 0 Å². The Morgan fingerprint density at radius 3 is 2.62 bits per heavy atom. The van der Waals surface area contributed by atoms with Crippen LogP contribution in [-0.2, 0) is 14.8 Å². The molecule has 0 saturated carbocycles. The molecule has 0 bridgehead atoms. The van der Waals surface area contributed by atoms with Crippen molar-refractivity contribution in [1.29, 1.82) is 0 Å². The van der Waals surface area contributed by atoms with E-state index in [1.807, 2.05) is 0 Å². The molecular weight excluding hydrogens is 334 g/mol. The molecule has 0 unspecified atom stereocenters. The summed E-state index contributed by atoms with van der Waals surface area (Å²) < 4.78 is 31.6. The lowest BCUT2D eigenvalue weighted by Crippen LogP contribution is -2.12. The van der Waals surface area contributed by atoms with Crippen LogP contribution >= 0.6 is 22.9 Å². The van der Waals surface area contributed by atoms with Crippen molar-refractivity contribution in [2.75, 3.05) is 11.8 Å². The minimum atomic E-state index is -3.80. The largest absolute Gasteiger partial charge is 0.465 e. The highest BCUT2D eigenvalue weighted by Crippen LogP contribution is 2.30. The van der Waals surface area contributed by atoms with Crippen LogP contribution in [0.25, 0.3) is 0 Å². The number of ether oxygens (including phenoxy) is 1. The summed E-state index contributed by atoms with van der Waals surface area (Å²) in [5.41, 5.74) is 0.642. The second-order valence-corrected chi connectivity index (χ2v) is 7.26.